The number of carbonyl (C=O) groups excluding carboxylic acids is 1. The average Bonchev–Trinajstić information content (AvgIpc) is 3.12. The third-order valence-electron chi connectivity index (χ3n) is 4.26. The van der Waals surface area contributed by atoms with E-state index in [9.17, 15) is 4.79 Å². The van der Waals surface area contributed by atoms with Crippen LogP contribution in [0.25, 0.3) is 22.2 Å². The lowest BCUT2D eigenvalue weighted by atomic mass is 10.0. The molecular formula is C22H18N4O. The van der Waals surface area contributed by atoms with Crippen LogP contribution >= 0.6 is 0 Å². The number of amides is 1. The van der Waals surface area contributed by atoms with E-state index >= 15 is 0 Å². The monoisotopic (exact) mass is 354 g/mol. The highest BCUT2D eigenvalue weighted by molar-refractivity contribution is 5.84. The van der Waals surface area contributed by atoms with E-state index < -0.39 is 0 Å². The molecule has 5 nitrogen and oxygen atoms in total. The van der Waals surface area contributed by atoms with Crippen molar-refractivity contribution >= 4 is 23.2 Å². The predicted octanol–water partition coefficient (Wildman–Crippen LogP) is 3.85. The molecule has 1 heterocycles. The van der Waals surface area contributed by atoms with Crippen molar-refractivity contribution in [2.75, 3.05) is 0 Å². The molecular weight excluding hydrogens is 336 g/mol. The number of hydrogen-bond donors (Lipinski definition) is 1. The molecule has 0 atom stereocenters. The molecule has 4 aromatic rings. The molecule has 0 saturated heterocycles. The molecule has 27 heavy (non-hydrogen) atoms. The molecule has 0 bridgehead atoms. The third kappa shape index (κ3) is 3.93. The summed E-state index contributed by atoms with van der Waals surface area (Å²) in [6, 6.07) is 25.9. The third-order valence-corrected chi connectivity index (χ3v) is 4.26. The van der Waals surface area contributed by atoms with Crippen LogP contribution in [0.2, 0.25) is 0 Å². The van der Waals surface area contributed by atoms with Crippen molar-refractivity contribution in [2.24, 2.45) is 5.10 Å². The largest absolute Gasteiger partial charge is 0.321 e. The number of hydrazone groups is 1. The van der Waals surface area contributed by atoms with Crippen LogP contribution in [0.15, 0.2) is 90.3 Å². The van der Waals surface area contributed by atoms with Gasteiger partial charge >= 0.3 is 0 Å². The quantitative estimate of drug-likeness (QED) is 0.437. The summed E-state index contributed by atoms with van der Waals surface area (Å²) < 4.78 is 1.80. The van der Waals surface area contributed by atoms with Gasteiger partial charge in [-0.1, -0.05) is 66.7 Å². The minimum absolute atomic E-state index is 0.171. The van der Waals surface area contributed by atoms with Crippen molar-refractivity contribution in [3.05, 3.63) is 90.8 Å². The van der Waals surface area contributed by atoms with Crippen LogP contribution in [0, 0.1) is 0 Å². The van der Waals surface area contributed by atoms with E-state index in [1.54, 1.807) is 17.1 Å². The highest BCUT2D eigenvalue weighted by Gasteiger charge is 2.05. The van der Waals surface area contributed by atoms with Crippen molar-refractivity contribution in [1.82, 2.24) is 15.0 Å². The fraction of sp³-hybridized carbons (Fsp3) is 0.0455. The first-order valence-electron chi connectivity index (χ1n) is 8.67. The van der Waals surface area contributed by atoms with Crippen LogP contribution < -0.4 is 5.43 Å². The van der Waals surface area contributed by atoms with E-state index in [0.717, 1.165) is 22.2 Å². The Morgan fingerprint density at radius 3 is 2.44 bits per heavy atom. The van der Waals surface area contributed by atoms with Gasteiger partial charge < -0.3 is 4.57 Å². The van der Waals surface area contributed by atoms with E-state index in [-0.39, 0.29) is 12.5 Å². The minimum atomic E-state index is -0.199. The Morgan fingerprint density at radius 1 is 0.926 bits per heavy atom. The van der Waals surface area contributed by atoms with Gasteiger partial charge in [0.15, 0.2) is 0 Å². The topological polar surface area (TPSA) is 59.3 Å². The molecule has 0 saturated carbocycles. The second-order valence-electron chi connectivity index (χ2n) is 6.14. The summed E-state index contributed by atoms with van der Waals surface area (Å²) in [7, 11) is 0. The number of para-hydroxylation sites is 2. The van der Waals surface area contributed by atoms with Crippen LogP contribution in [-0.4, -0.2) is 21.7 Å². The predicted molar refractivity (Wildman–Crippen MR) is 107 cm³/mol. The number of nitrogens with one attached hydrogen (secondary N) is 1. The van der Waals surface area contributed by atoms with Gasteiger partial charge in [-0.15, -0.1) is 0 Å². The Labute approximate surface area is 157 Å². The fourth-order valence-corrected chi connectivity index (χ4v) is 2.90. The zero-order chi connectivity index (χ0) is 18.5. The lowest BCUT2D eigenvalue weighted by molar-refractivity contribution is -0.121. The van der Waals surface area contributed by atoms with E-state index in [4.69, 9.17) is 0 Å². The van der Waals surface area contributed by atoms with Crippen LogP contribution in [0.3, 0.4) is 0 Å². The molecule has 0 aliphatic carbocycles. The Balaban J connectivity index is 1.36. The summed E-state index contributed by atoms with van der Waals surface area (Å²) in [5.74, 6) is -0.199. The molecule has 4 rings (SSSR count). The molecule has 5 heteroatoms. The summed E-state index contributed by atoms with van der Waals surface area (Å²) in [6.45, 7) is 0.171. The molecule has 3 aromatic carbocycles. The molecule has 0 aliphatic rings. The summed E-state index contributed by atoms with van der Waals surface area (Å²) in [6.07, 6.45) is 3.30. The van der Waals surface area contributed by atoms with Gasteiger partial charge in [0.2, 0.25) is 0 Å². The summed E-state index contributed by atoms with van der Waals surface area (Å²) in [4.78, 5) is 16.4. The number of nitrogens with zero attached hydrogens (tertiary/aromatic N) is 3. The van der Waals surface area contributed by atoms with Crippen LogP contribution in [-0.2, 0) is 11.3 Å². The SMILES string of the molecule is O=C(Cn1cnc2ccccc21)NN=Cc1ccc(-c2ccccc2)cc1. The summed E-state index contributed by atoms with van der Waals surface area (Å²) >= 11 is 0. The summed E-state index contributed by atoms with van der Waals surface area (Å²) in [5.41, 5.74) is 7.58. The van der Waals surface area contributed by atoms with Crippen molar-refractivity contribution in [2.45, 2.75) is 6.54 Å². The van der Waals surface area contributed by atoms with Crippen LogP contribution in [0.4, 0.5) is 0 Å². The smallest absolute Gasteiger partial charge is 0.260 e. The van der Waals surface area contributed by atoms with E-state index in [1.807, 2.05) is 66.7 Å². The first-order chi connectivity index (χ1) is 13.3. The Morgan fingerprint density at radius 2 is 1.63 bits per heavy atom. The number of benzene rings is 3. The zero-order valence-corrected chi connectivity index (χ0v) is 14.6. The molecule has 0 fully saturated rings. The number of rotatable bonds is 5. The summed E-state index contributed by atoms with van der Waals surface area (Å²) in [5, 5.41) is 4.05. The van der Waals surface area contributed by atoms with Gasteiger partial charge in [-0.2, -0.15) is 5.10 Å². The van der Waals surface area contributed by atoms with Crippen molar-refractivity contribution in [3.8, 4) is 11.1 Å². The maximum Gasteiger partial charge on any atom is 0.260 e. The van der Waals surface area contributed by atoms with Gasteiger partial charge in [0.1, 0.15) is 6.54 Å². The maximum atomic E-state index is 12.1. The molecule has 1 N–H and O–H groups in total. The van der Waals surface area contributed by atoms with Crippen LogP contribution in [0.1, 0.15) is 5.56 Å². The van der Waals surface area contributed by atoms with Gasteiger partial charge in [-0.3, -0.25) is 4.79 Å². The lowest BCUT2D eigenvalue weighted by Crippen LogP contribution is -2.22. The van der Waals surface area contributed by atoms with Crippen molar-refractivity contribution in [3.63, 3.8) is 0 Å². The highest BCUT2D eigenvalue weighted by Crippen LogP contribution is 2.18. The fourth-order valence-electron chi connectivity index (χ4n) is 2.90. The van der Waals surface area contributed by atoms with Crippen molar-refractivity contribution < 1.29 is 4.79 Å². The molecule has 0 spiro atoms. The normalized spacial score (nSPS) is 11.1. The molecule has 0 radical (unpaired) electrons. The lowest BCUT2D eigenvalue weighted by Gasteiger charge is -2.03. The van der Waals surface area contributed by atoms with Crippen LogP contribution in [0.5, 0.6) is 0 Å². The number of imidazole rings is 1. The first-order valence-corrected chi connectivity index (χ1v) is 8.67. The number of carbonyl (C=O) groups is 1. The Kier molecular flexibility index (Phi) is 4.74. The minimum Gasteiger partial charge on any atom is -0.321 e. The van der Waals surface area contributed by atoms with Gasteiger partial charge in [-0.25, -0.2) is 10.4 Å². The standard InChI is InChI=1S/C22H18N4O/c27-22(15-26-16-23-20-8-4-5-9-21(20)26)25-24-14-17-10-12-19(13-11-17)18-6-2-1-3-7-18/h1-14,16H,15H2,(H,25,27). The maximum absolute atomic E-state index is 12.1. The number of aromatic nitrogens is 2. The highest BCUT2D eigenvalue weighted by atomic mass is 16.2. The molecule has 1 aromatic heterocycles. The van der Waals surface area contributed by atoms with E-state index in [2.05, 4.69) is 27.6 Å². The molecule has 0 unspecified atom stereocenters. The second kappa shape index (κ2) is 7.66. The average molecular weight is 354 g/mol. The van der Waals surface area contributed by atoms with Crippen molar-refractivity contribution in [1.29, 1.82) is 0 Å². The number of fused-ring (bicyclic) bond motifs is 1. The van der Waals surface area contributed by atoms with Gasteiger partial charge in [0, 0.05) is 0 Å². The molecule has 0 aliphatic heterocycles. The van der Waals surface area contributed by atoms with Gasteiger partial charge in [0.25, 0.3) is 5.91 Å². The molecule has 1 amide bonds. The zero-order valence-electron chi connectivity index (χ0n) is 14.6. The Hall–Kier alpha value is -3.73. The van der Waals surface area contributed by atoms with Gasteiger partial charge in [0.05, 0.1) is 23.6 Å². The Bertz CT molecular complexity index is 1080. The van der Waals surface area contributed by atoms with Gasteiger partial charge in [-0.05, 0) is 28.8 Å². The number of hydrogen-bond acceptors (Lipinski definition) is 3. The van der Waals surface area contributed by atoms with E-state index in [0.29, 0.717) is 0 Å². The first kappa shape index (κ1) is 16.7. The van der Waals surface area contributed by atoms with E-state index in [1.165, 1.54) is 5.56 Å². The second-order valence-corrected chi connectivity index (χ2v) is 6.14. The molecule has 132 valence electrons.